The number of morpholine rings is 2. The molecule has 0 saturated carbocycles. The van der Waals surface area contributed by atoms with E-state index in [2.05, 4.69) is 15.2 Å². The zero-order valence-corrected chi connectivity index (χ0v) is 10.9. The van der Waals surface area contributed by atoms with E-state index in [1.54, 1.807) is 6.20 Å². The molecule has 2 fully saturated rings. The summed E-state index contributed by atoms with van der Waals surface area (Å²) in [6.45, 7) is 6.04. The van der Waals surface area contributed by atoms with Crippen LogP contribution in [0.4, 0.5) is 0 Å². The van der Waals surface area contributed by atoms with Crippen LogP contribution in [0.2, 0.25) is 0 Å². The van der Waals surface area contributed by atoms with Gasteiger partial charge in [-0.15, -0.1) is 0 Å². The lowest BCUT2D eigenvalue weighted by atomic mass is 10.4. The highest BCUT2D eigenvalue weighted by atomic mass is 16.5. The van der Waals surface area contributed by atoms with E-state index in [1.807, 2.05) is 11.2 Å². The molecule has 0 atom stereocenters. The highest BCUT2D eigenvalue weighted by Crippen LogP contribution is 2.22. The molecule has 2 saturated heterocycles. The van der Waals surface area contributed by atoms with Gasteiger partial charge in [-0.05, 0) is 0 Å². The minimum absolute atomic E-state index is 0.214. The maximum Gasteiger partial charge on any atom is 0.224 e. The summed E-state index contributed by atoms with van der Waals surface area (Å²) >= 11 is 0. The molecule has 0 spiro atoms. The van der Waals surface area contributed by atoms with Gasteiger partial charge in [-0.25, -0.2) is 10.0 Å². The van der Waals surface area contributed by atoms with Gasteiger partial charge in [0, 0.05) is 32.4 Å². The molecule has 3 aliphatic rings. The smallest absolute Gasteiger partial charge is 0.224 e. The van der Waals surface area contributed by atoms with Gasteiger partial charge in [0.25, 0.3) is 0 Å². The van der Waals surface area contributed by atoms with Crippen molar-refractivity contribution in [1.29, 1.82) is 0 Å². The number of nitrogens with one attached hydrogen (secondary N) is 1. The predicted molar refractivity (Wildman–Crippen MR) is 68.6 cm³/mol. The number of ether oxygens (including phenoxy) is 2. The van der Waals surface area contributed by atoms with Crippen molar-refractivity contribution < 1.29 is 14.6 Å². The van der Waals surface area contributed by atoms with Gasteiger partial charge in [-0.3, -0.25) is 0 Å². The molecule has 7 nitrogen and oxygen atoms in total. The molecule has 0 bridgehead atoms. The van der Waals surface area contributed by atoms with Gasteiger partial charge >= 0.3 is 0 Å². The Hall–Kier alpha value is -1.44. The molecule has 0 amide bonds. The number of rotatable bonds is 2. The minimum atomic E-state index is 0.214. The third kappa shape index (κ3) is 2.63. The Morgan fingerprint density at radius 2 is 1.58 bits per heavy atom. The standard InChI is InChI=1S/C12H20N4O3/c17-12-10-13-9-11(14-1-5-18-6-2-14)16(12)15-3-7-19-8-4-15/h9-10,13,17H,1-8H2. The summed E-state index contributed by atoms with van der Waals surface area (Å²) in [4.78, 5) is 2.22. The molecule has 7 heteroatoms. The van der Waals surface area contributed by atoms with E-state index >= 15 is 0 Å². The highest BCUT2D eigenvalue weighted by Gasteiger charge is 2.29. The maximum atomic E-state index is 10.2. The molecular weight excluding hydrogens is 248 g/mol. The number of aliphatic hydroxyl groups excluding tert-OH is 1. The SMILES string of the molecule is OC1=CNC=C(N2CCOCC2)N1N1CCOCC1. The third-order valence-corrected chi connectivity index (χ3v) is 3.46. The van der Waals surface area contributed by atoms with Crippen LogP contribution in [-0.4, -0.2) is 72.6 Å². The Kier molecular flexibility index (Phi) is 3.77. The number of hydrogen-bond donors (Lipinski definition) is 2. The first kappa shape index (κ1) is 12.6. The van der Waals surface area contributed by atoms with E-state index in [1.165, 1.54) is 0 Å². The monoisotopic (exact) mass is 268 g/mol. The third-order valence-electron chi connectivity index (χ3n) is 3.46. The molecule has 19 heavy (non-hydrogen) atoms. The van der Waals surface area contributed by atoms with Crippen molar-refractivity contribution >= 4 is 0 Å². The van der Waals surface area contributed by atoms with E-state index in [0.717, 1.165) is 45.2 Å². The lowest BCUT2D eigenvalue weighted by Gasteiger charge is -2.44. The Bertz CT molecular complexity index is 373. The molecule has 0 aromatic rings. The Balaban J connectivity index is 1.77. The van der Waals surface area contributed by atoms with Gasteiger partial charge in [0.15, 0.2) is 0 Å². The fourth-order valence-corrected chi connectivity index (χ4v) is 2.49. The van der Waals surface area contributed by atoms with Crippen molar-refractivity contribution in [3.63, 3.8) is 0 Å². The summed E-state index contributed by atoms with van der Waals surface area (Å²) in [5.41, 5.74) is 0. The van der Waals surface area contributed by atoms with Crippen molar-refractivity contribution in [3.8, 4) is 0 Å². The van der Waals surface area contributed by atoms with E-state index in [-0.39, 0.29) is 5.88 Å². The largest absolute Gasteiger partial charge is 0.492 e. The van der Waals surface area contributed by atoms with Crippen LogP contribution in [0.15, 0.2) is 24.1 Å². The second-order valence-corrected chi connectivity index (χ2v) is 4.65. The van der Waals surface area contributed by atoms with Gasteiger partial charge < -0.3 is 24.8 Å². The fourth-order valence-electron chi connectivity index (χ4n) is 2.49. The van der Waals surface area contributed by atoms with Crippen LogP contribution in [0.5, 0.6) is 0 Å². The number of aliphatic hydroxyl groups is 1. The van der Waals surface area contributed by atoms with Crippen LogP contribution in [0.3, 0.4) is 0 Å². The Morgan fingerprint density at radius 1 is 0.947 bits per heavy atom. The van der Waals surface area contributed by atoms with Crippen molar-refractivity contribution in [2.24, 2.45) is 0 Å². The number of nitrogens with zero attached hydrogens (tertiary/aromatic N) is 3. The van der Waals surface area contributed by atoms with E-state index < -0.39 is 0 Å². The zero-order chi connectivity index (χ0) is 13.1. The van der Waals surface area contributed by atoms with Crippen LogP contribution in [0.1, 0.15) is 0 Å². The highest BCUT2D eigenvalue weighted by molar-refractivity contribution is 5.13. The summed E-state index contributed by atoms with van der Waals surface area (Å²) < 4.78 is 10.7. The minimum Gasteiger partial charge on any atom is -0.492 e. The quantitative estimate of drug-likeness (QED) is 0.708. The van der Waals surface area contributed by atoms with Gasteiger partial charge in [0.05, 0.1) is 32.6 Å². The average Bonchev–Trinajstić information content (AvgIpc) is 2.49. The van der Waals surface area contributed by atoms with Crippen molar-refractivity contribution in [2.45, 2.75) is 0 Å². The first-order valence-electron chi connectivity index (χ1n) is 6.67. The summed E-state index contributed by atoms with van der Waals surface area (Å²) in [7, 11) is 0. The molecule has 0 radical (unpaired) electrons. The van der Waals surface area contributed by atoms with Crippen LogP contribution >= 0.6 is 0 Å². The zero-order valence-electron chi connectivity index (χ0n) is 10.9. The van der Waals surface area contributed by atoms with Crippen molar-refractivity contribution in [2.75, 3.05) is 52.6 Å². The summed E-state index contributed by atoms with van der Waals surface area (Å²) in [5.74, 6) is 1.18. The van der Waals surface area contributed by atoms with Crippen LogP contribution in [0, 0.1) is 0 Å². The van der Waals surface area contributed by atoms with Gasteiger partial charge in [-0.1, -0.05) is 0 Å². The van der Waals surface area contributed by atoms with E-state index in [0.29, 0.717) is 13.2 Å². The average molecular weight is 268 g/mol. The topological polar surface area (TPSA) is 60.4 Å². The lowest BCUT2D eigenvalue weighted by molar-refractivity contribution is -0.0943. The van der Waals surface area contributed by atoms with Gasteiger partial charge in [-0.2, -0.15) is 0 Å². The molecule has 106 valence electrons. The summed E-state index contributed by atoms with van der Waals surface area (Å²) in [6.07, 6.45) is 3.51. The fraction of sp³-hybridized carbons (Fsp3) is 0.667. The predicted octanol–water partition coefficient (Wildman–Crippen LogP) is -0.373. The molecule has 3 aliphatic heterocycles. The molecule has 2 N–H and O–H groups in total. The second-order valence-electron chi connectivity index (χ2n) is 4.65. The molecule has 3 rings (SSSR count). The molecule has 0 aliphatic carbocycles. The Labute approximate surface area is 112 Å². The van der Waals surface area contributed by atoms with Gasteiger partial charge in [0.2, 0.25) is 5.88 Å². The molecule has 0 unspecified atom stereocenters. The van der Waals surface area contributed by atoms with Crippen LogP contribution < -0.4 is 5.32 Å². The first-order chi connectivity index (χ1) is 9.36. The normalized spacial score (nSPS) is 25.7. The molecule has 0 aromatic carbocycles. The number of hydrogen-bond acceptors (Lipinski definition) is 7. The Morgan fingerprint density at radius 3 is 2.26 bits per heavy atom. The lowest BCUT2D eigenvalue weighted by Crippen LogP contribution is -2.53. The van der Waals surface area contributed by atoms with Gasteiger partial charge in [0.1, 0.15) is 5.82 Å². The van der Waals surface area contributed by atoms with E-state index in [4.69, 9.17) is 9.47 Å². The molecule has 3 heterocycles. The van der Waals surface area contributed by atoms with E-state index in [9.17, 15) is 5.11 Å². The summed E-state index contributed by atoms with van der Waals surface area (Å²) in [5, 5.41) is 17.1. The molecule has 0 aromatic heterocycles. The van der Waals surface area contributed by atoms with Crippen molar-refractivity contribution in [3.05, 3.63) is 24.1 Å². The molecular formula is C12H20N4O3. The first-order valence-corrected chi connectivity index (χ1v) is 6.67. The van der Waals surface area contributed by atoms with Crippen LogP contribution in [-0.2, 0) is 9.47 Å². The maximum absolute atomic E-state index is 10.2. The number of hydrazine groups is 1. The summed E-state index contributed by atoms with van der Waals surface area (Å²) in [6, 6.07) is 0. The second kappa shape index (κ2) is 5.68. The van der Waals surface area contributed by atoms with Crippen LogP contribution in [0.25, 0.3) is 0 Å². The van der Waals surface area contributed by atoms with Crippen molar-refractivity contribution in [1.82, 2.24) is 20.2 Å².